The molecule has 2 aromatic heterocycles. The van der Waals surface area contributed by atoms with Crippen LogP contribution < -0.4 is 0 Å². The van der Waals surface area contributed by atoms with E-state index in [1.807, 2.05) is 18.2 Å². The molecule has 0 fully saturated rings. The Balaban J connectivity index is 2.28. The quantitative estimate of drug-likeness (QED) is 0.587. The number of rotatable bonds is 0. The van der Waals surface area contributed by atoms with E-state index < -0.39 is 0 Å². The molecule has 0 spiro atoms. The zero-order chi connectivity index (χ0) is 12.1. The zero-order valence-corrected chi connectivity index (χ0v) is 10.4. The molecule has 1 aliphatic carbocycles. The number of allylic oxidation sites excluding steroid dienone is 1. The maximum atomic E-state index is 6.30. The van der Waals surface area contributed by atoms with E-state index in [0.29, 0.717) is 5.02 Å². The second kappa shape index (κ2) is 3.59. The Kier molecular flexibility index (Phi) is 2.03. The van der Waals surface area contributed by atoms with Gasteiger partial charge >= 0.3 is 0 Å². The van der Waals surface area contributed by atoms with Gasteiger partial charge in [0.05, 0.1) is 10.5 Å². The molecule has 0 aliphatic heterocycles. The maximum Gasteiger partial charge on any atom is 0.154 e. The van der Waals surface area contributed by atoms with Crippen molar-refractivity contribution < 1.29 is 4.42 Å². The van der Waals surface area contributed by atoms with E-state index in [2.05, 4.69) is 17.1 Å². The monoisotopic (exact) mass is 255 g/mol. The molecule has 1 aliphatic rings. The van der Waals surface area contributed by atoms with E-state index in [1.54, 1.807) is 6.20 Å². The van der Waals surface area contributed by atoms with Crippen molar-refractivity contribution in [3.05, 3.63) is 46.8 Å². The Morgan fingerprint density at radius 1 is 1.33 bits per heavy atom. The number of pyridine rings is 1. The summed E-state index contributed by atoms with van der Waals surface area (Å²) >= 11 is 6.30. The Hall–Kier alpha value is -1.80. The lowest BCUT2D eigenvalue weighted by Crippen LogP contribution is -1.90. The van der Waals surface area contributed by atoms with Crippen LogP contribution >= 0.6 is 11.6 Å². The number of hydrogen-bond donors (Lipinski definition) is 0. The van der Waals surface area contributed by atoms with Crippen molar-refractivity contribution in [3.8, 4) is 0 Å². The van der Waals surface area contributed by atoms with Crippen molar-refractivity contribution in [1.29, 1.82) is 0 Å². The SMILES string of the molecule is Clc1cc2ncccc2c2c3c(oc12)C=CCC3. The predicted octanol–water partition coefficient (Wildman–Crippen LogP) is 4.59. The molecule has 0 unspecified atom stereocenters. The molecular formula is C15H10ClNO. The third-order valence-electron chi connectivity index (χ3n) is 3.46. The summed E-state index contributed by atoms with van der Waals surface area (Å²) in [7, 11) is 0. The summed E-state index contributed by atoms with van der Waals surface area (Å²) in [5, 5.41) is 2.89. The molecule has 0 amide bonds. The van der Waals surface area contributed by atoms with E-state index in [0.717, 1.165) is 40.5 Å². The third kappa shape index (κ3) is 1.27. The molecule has 2 nitrogen and oxygen atoms in total. The van der Waals surface area contributed by atoms with Crippen LogP contribution in [0.2, 0.25) is 5.02 Å². The molecule has 0 saturated heterocycles. The van der Waals surface area contributed by atoms with Gasteiger partial charge in [0.2, 0.25) is 0 Å². The van der Waals surface area contributed by atoms with Crippen LogP contribution in [0.4, 0.5) is 0 Å². The lowest BCUT2D eigenvalue weighted by molar-refractivity contribution is 0.595. The number of aromatic nitrogens is 1. The normalized spacial score (nSPS) is 14.3. The molecule has 0 bridgehead atoms. The van der Waals surface area contributed by atoms with Gasteiger partial charge in [-0.1, -0.05) is 23.7 Å². The molecule has 0 atom stereocenters. The van der Waals surface area contributed by atoms with Crippen LogP contribution in [0, 0.1) is 0 Å². The third-order valence-corrected chi connectivity index (χ3v) is 3.74. The van der Waals surface area contributed by atoms with Crippen molar-refractivity contribution >= 4 is 39.5 Å². The fourth-order valence-electron chi connectivity index (χ4n) is 2.67. The second-order valence-corrected chi connectivity index (χ2v) is 4.93. The van der Waals surface area contributed by atoms with Crippen LogP contribution in [-0.2, 0) is 6.42 Å². The minimum atomic E-state index is 0.638. The van der Waals surface area contributed by atoms with Gasteiger partial charge < -0.3 is 4.42 Å². The first-order valence-electron chi connectivity index (χ1n) is 6.00. The smallest absolute Gasteiger partial charge is 0.154 e. The predicted molar refractivity (Wildman–Crippen MR) is 73.9 cm³/mol. The maximum absolute atomic E-state index is 6.30. The average molecular weight is 256 g/mol. The average Bonchev–Trinajstić information content (AvgIpc) is 2.79. The second-order valence-electron chi connectivity index (χ2n) is 4.52. The van der Waals surface area contributed by atoms with Gasteiger partial charge in [0.1, 0.15) is 5.76 Å². The summed E-state index contributed by atoms with van der Waals surface area (Å²) in [4.78, 5) is 4.38. The highest BCUT2D eigenvalue weighted by Crippen LogP contribution is 2.39. The largest absolute Gasteiger partial charge is 0.455 e. The molecule has 0 saturated carbocycles. The Bertz CT molecular complexity index is 801. The van der Waals surface area contributed by atoms with Crippen molar-refractivity contribution in [1.82, 2.24) is 4.98 Å². The van der Waals surface area contributed by atoms with Gasteiger partial charge in [-0.2, -0.15) is 0 Å². The first-order valence-corrected chi connectivity index (χ1v) is 6.37. The zero-order valence-electron chi connectivity index (χ0n) is 9.61. The van der Waals surface area contributed by atoms with E-state index in [4.69, 9.17) is 16.0 Å². The first-order chi connectivity index (χ1) is 8.84. The van der Waals surface area contributed by atoms with Gasteiger partial charge in [0.15, 0.2) is 5.58 Å². The molecule has 0 N–H and O–H groups in total. The number of nitrogens with zero attached hydrogens (tertiary/aromatic N) is 1. The lowest BCUT2D eigenvalue weighted by atomic mass is 9.98. The van der Waals surface area contributed by atoms with Crippen molar-refractivity contribution in [2.45, 2.75) is 12.8 Å². The molecule has 88 valence electrons. The first kappa shape index (κ1) is 10.2. The number of fused-ring (bicyclic) bond motifs is 5. The van der Waals surface area contributed by atoms with E-state index in [-0.39, 0.29) is 0 Å². The van der Waals surface area contributed by atoms with E-state index in [1.165, 1.54) is 5.56 Å². The molecular weight excluding hydrogens is 246 g/mol. The van der Waals surface area contributed by atoms with Gasteiger partial charge in [0, 0.05) is 22.5 Å². The van der Waals surface area contributed by atoms with Crippen molar-refractivity contribution in [2.24, 2.45) is 0 Å². The molecule has 0 radical (unpaired) electrons. The van der Waals surface area contributed by atoms with Crippen molar-refractivity contribution in [3.63, 3.8) is 0 Å². The number of halogens is 1. The molecule has 3 aromatic rings. The minimum absolute atomic E-state index is 0.638. The lowest BCUT2D eigenvalue weighted by Gasteiger charge is -2.04. The van der Waals surface area contributed by atoms with Crippen LogP contribution in [0.15, 0.2) is 34.9 Å². The highest BCUT2D eigenvalue weighted by molar-refractivity contribution is 6.36. The Morgan fingerprint density at radius 2 is 2.28 bits per heavy atom. The standard InChI is InChI=1S/C15H10ClNO/c16-11-8-12-9(5-3-7-17-12)14-10-4-1-2-6-13(10)18-15(11)14/h2-3,5-8H,1,4H2. The fraction of sp³-hybridized carbons (Fsp3) is 0.133. The van der Waals surface area contributed by atoms with Gasteiger partial charge in [-0.05, 0) is 31.1 Å². The molecule has 2 heterocycles. The summed E-state index contributed by atoms with van der Waals surface area (Å²) in [6.07, 6.45) is 8.02. The topological polar surface area (TPSA) is 26.0 Å². The highest BCUT2D eigenvalue weighted by atomic mass is 35.5. The van der Waals surface area contributed by atoms with Crippen LogP contribution in [-0.4, -0.2) is 4.98 Å². The summed E-state index contributed by atoms with van der Waals surface area (Å²) in [5.74, 6) is 0.939. The minimum Gasteiger partial charge on any atom is -0.455 e. The van der Waals surface area contributed by atoms with Crippen LogP contribution in [0.1, 0.15) is 17.7 Å². The summed E-state index contributed by atoms with van der Waals surface area (Å²) < 4.78 is 5.88. The van der Waals surface area contributed by atoms with Gasteiger partial charge in [-0.3, -0.25) is 4.98 Å². The van der Waals surface area contributed by atoms with Crippen LogP contribution in [0.5, 0.6) is 0 Å². The van der Waals surface area contributed by atoms with Crippen molar-refractivity contribution in [2.75, 3.05) is 0 Å². The summed E-state index contributed by atoms with van der Waals surface area (Å²) in [6.45, 7) is 0. The number of furan rings is 1. The highest BCUT2D eigenvalue weighted by Gasteiger charge is 2.19. The van der Waals surface area contributed by atoms with Gasteiger partial charge in [0.25, 0.3) is 0 Å². The number of benzene rings is 1. The number of aryl methyl sites for hydroxylation is 1. The summed E-state index contributed by atoms with van der Waals surface area (Å²) in [6, 6.07) is 5.90. The van der Waals surface area contributed by atoms with Crippen LogP contribution in [0.3, 0.4) is 0 Å². The molecule has 18 heavy (non-hydrogen) atoms. The molecule has 1 aromatic carbocycles. The Morgan fingerprint density at radius 3 is 3.22 bits per heavy atom. The summed E-state index contributed by atoms with van der Waals surface area (Å²) in [5.41, 5.74) is 2.97. The fourth-order valence-corrected chi connectivity index (χ4v) is 2.90. The molecule has 3 heteroatoms. The van der Waals surface area contributed by atoms with Crippen LogP contribution in [0.25, 0.3) is 27.9 Å². The Labute approximate surface area is 109 Å². The van der Waals surface area contributed by atoms with Gasteiger partial charge in [-0.25, -0.2) is 0 Å². The van der Waals surface area contributed by atoms with E-state index >= 15 is 0 Å². The molecule has 4 rings (SSSR count). The van der Waals surface area contributed by atoms with E-state index in [9.17, 15) is 0 Å². The number of hydrogen-bond acceptors (Lipinski definition) is 2. The van der Waals surface area contributed by atoms with Gasteiger partial charge in [-0.15, -0.1) is 0 Å².